The summed E-state index contributed by atoms with van der Waals surface area (Å²) in [6, 6.07) is 21.0. The van der Waals surface area contributed by atoms with Gasteiger partial charge >= 0.3 is 0 Å². The van der Waals surface area contributed by atoms with Gasteiger partial charge in [-0.15, -0.1) is 11.3 Å². The van der Waals surface area contributed by atoms with Crippen LogP contribution in [0, 0.1) is 13.8 Å². The topological polar surface area (TPSA) is 86.5 Å². The normalized spacial score (nSPS) is 11.0. The van der Waals surface area contributed by atoms with Crippen molar-refractivity contribution < 1.29 is 14.3 Å². The number of aryl methyl sites for hydroxylation is 2. The van der Waals surface area contributed by atoms with E-state index >= 15 is 0 Å². The van der Waals surface area contributed by atoms with Crippen molar-refractivity contribution in [3.63, 3.8) is 0 Å². The number of anilines is 2. The highest BCUT2D eigenvalue weighted by Crippen LogP contribution is 2.43. The van der Waals surface area contributed by atoms with Gasteiger partial charge in [0.15, 0.2) is 11.5 Å². The molecule has 1 amide bonds. The number of nitrogens with two attached hydrogens (primary N) is 1. The van der Waals surface area contributed by atoms with E-state index in [4.69, 9.17) is 31.8 Å². The maximum absolute atomic E-state index is 13.3. The minimum absolute atomic E-state index is 0.306. The van der Waals surface area contributed by atoms with Crippen molar-refractivity contribution >= 4 is 50.4 Å². The summed E-state index contributed by atoms with van der Waals surface area (Å²) in [7, 11) is 3.20. The van der Waals surface area contributed by atoms with Crippen LogP contribution in [-0.2, 0) is 0 Å². The van der Waals surface area contributed by atoms with Gasteiger partial charge in [0.1, 0.15) is 9.71 Å². The van der Waals surface area contributed by atoms with Crippen molar-refractivity contribution in [1.29, 1.82) is 0 Å². The van der Waals surface area contributed by atoms with Crippen LogP contribution in [0.5, 0.6) is 11.5 Å². The molecule has 0 atom stereocenters. The largest absolute Gasteiger partial charge is 0.493 e. The summed E-state index contributed by atoms with van der Waals surface area (Å²) < 4.78 is 11.0. The lowest BCUT2D eigenvalue weighted by Crippen LogP contribution is -2.11. The number of nitrogens with zero attached hydrogens (tertiary/aromatic N) is 1. The number of rotatable bonds is 6. The Kier molecular flexibility index (Phi) is 6.97. The first-order valence-corrected chi connectivity index (χ1v) is 13.1. The van der Waals surface area contributed by atoms with E-state index in [1.54, 1.807) is 38.5 Å². The Morgan fingerprint density at radius 1 is 0.921 bits per heavy atom. The first-order valence-electron chi connectivity index (χ1n) is 11.9. The van der Waals surface area contributed by atoms with Gasteiger partial charge < -0.3 is 20.5 Å². The van der Waals surface area contributed by atoms with Crippen molar-refractivity contribution in [2.75, 3.05) is 25.3 Å². The lowest BCUT2D eigenvalue weighted by molar-refractivity contribution is 0.103. The molecular weight excluding hydrogens is 518 g/mol. The van der Waals surface area contributed by atoms with Crippen LogP contribution in [-0.4, -0.2) is 25.1 Å². The molecular formula is C30H26ClN3O3S. The van der Waals surface area contributed by atoms with Crippen LogP contribution in [0.4, 0.5) is 11.4 Å². The fourth-order valence-electron chi connectivity index (χ4n) is 4.39. The van der Waals surface area contributed by atoms with Gasteiger partial charge in [0.05, 0.1) is 25.6 Å². The second-order valence-electron chi connectivity index (χ2n) is 8.93. The summed E-state index contributed by atoms with van der Waals surface area (Å²) in [5, 5.41) is 4.22. The van der Waals surface area contributed by atoms with Gasteiger partial charge in [-0.2, -0.15) is 0 Å². The number of hydrogen-bond acceptors (Lipinski definition) is 6. The van der Waals surface area contributed by atoms with Crippen LogP contribution in [0.3, 0.4) is 0 Å². The average Bonchev–Trinajstić information content (AvgIpc) is 3.26. The average molecular weight is 544 g/mol. The summed E-state index contributed by atoms with van der Waals surface area (Å²) in [4.78, 5) is 19.3. The second kappa shape index (κ2) is 10.4. The number of benzene rings is 3. The van der Waals surface area contributed by atoms with Gasteiger partial charge in [-0.05, 0) is 79.1 Å². The first-order chi connectivity index (χ1) is 18.3. The number of carbonyl (C=O) groups excluding carboxylic acids is 1. The molecule has 38 heavy (non-hydrogen) atoms. The number of nitrogens with one attached hydrogen (secondary N) is 1. The number of aromatic nitrogens is 1. The maximum atomic E-state index is 13.3. The number of nitrogen functional groups attached to an aromatic ring is 1. The molecule has 0 unspecified atom stereocenters. The monoisotopic (exact) mass is 543 g/mol. The Morgan fingerprint density at radius 3 is 2.37 bits per heavy atom. The Morgan fingerprint density at radius 2 is 1.66 bits per heavy atom. The Labute approximate surface area is 230 Å². The summed E-state index contributed by atoms with van der Waals surface area (Å²) in [6.45, 7) is 4.11. The van der Waals surface area contributed by atoms with E-state index in [1.165, 1.54) is 11.3 Å². The van der Waals surface area contributed by atoms with Gasteiger partial charge in [-0.1, -0.05) is 35.4 Å². The maximum Gasteiger partial charge on any atom is 0.267 e. The Balaban J connectivity index is 1.72. The predicted octanol–water partition coefficient (Wildman–Crippen LogP) is 7.75. The van der Waals surface area contributed by atoms with Crippen LogP contribution in [0.25, 0.3) is 32.6 Å². The highest BCUT2D eigenvalue weighted by atomic mass is 35.5. The highest BCUT2D eigenvalue weighted by Gasteiger charge is 2.23. The first kappa shape index (κ1) is 25.6. The van der Waals surface area contributed by atoms with Gasteiger partial charge in [0.25, 0.3) is 5.91 Å². The van der Waals surface area contributed by atoms with Gasteiger partial charge in [-0.3, -0.25) is 4.79 Å². The van der Waals surface area contributed by atoms with E-state index in [9.17, 15) is 4.79 Å². The van der Waals surface area contributed by atoms with Crippen molar-refractivity contribution in [3.8, 4) is 33.9 Å². The number of methoxy groups -OCH3 is 2. The third-order valence-corrected chi connectivity index (χ3v) is 7.72. The number of carbonyl (C=O) groups is 1. The summed E-state index contributed by atoms with van der Waals surface area (Å²) >= 11 is 7.26. The predicted molar refractivity (Wildman–Crippen MR) is 157 cm³/mol. The zero-order valence-electron chi connectivity index (χ0n) is 21.4. The summed E-state index contributed by atoms with van der Waals surface area (Å²) in [5.41, 5.74) is 13.4. The molecule has 0 aliphatic carbocycles. The number of fused-ring (bicyclic) bond motifs is 1. The highest BCUT2D eigenvalue weighted by molar-refractivity contribution is 7.21. The third kappa shape index (κ3) is 4.78. The molecule has 5 rings (SSSR count). The quantitative estimate of drug-likeness (QED) is 0.228. The molecule has 0 bridgehead atoms. The molecule has 6 nitrogen and oxygen atoms in total. The number of halogens is 1. The van der Waals surface area contributed by atoms with E-state index < -0.39 is 0 Å². The molecule has 8 heteroatoms. The van der Waals surface area contributed by atoms with Crippen LogP contribution < -0.4 is 20.5 Å². The van der Waals surface area contributed by atoms with E-state index in [0.29, 0.717) is 37.6 Å². The second-order valence-corrected chi connectivity index (χ2v) is 10.4. The smallest absolute Gasteiger partial charge is 0.267 e. The molecule has 0 radical (unpaired) electrons. The van der Waals surface area contributed by atoms with Crippen LogP contribution in [0.1, 0.15) is 20.8 Å². The van der Waals surface area contributed by atoms with E-state index in [2.05, 4.69) is 37.4 Å². The number of amides is 1. The van der Waals surface area contributed by atoms with Gasteiger partial charge in [0.2, 0.25) is 0 Å². The molecule has 5 aromatic rings. The summed E-state index contributed by atoms with van der Waals surface area (Å²) in [5.74, 6) is 0.912. The van der Waals surface area contributed by atoms with Crippen molar-refractivity contribution in [2.45, 2.75) is 13.8 Å². The Hall–Kier alpha value is -4.07. The van der Waals surface area contributed by atoms with Gasteiger partial charge in [0, 0.05) is 21.7 Å². The molecule has 192 valence electrons. The lowest BCUT2D eigenvalue weighted by atomic mass is 9.96. The molecule has 3 N–H and O–H groups in total. The number of hydrogen-bond donors (Lipinski definition) is 2. The van der Waals surface area contributed by atoms with Crippen molar-refractivity contribution in [3.05, 3.63) is 87.8 Å². The number of pyridine rings is 1. The van der Waals surface area contributed by atoms with Gasteiger partial charge in [-0.25, -0.2) is 4.98 Å². The van der Waals surface area contributed by atoms with E-state index in [-0.39, 0.29) is 5.91 Å². The van der Waals surface area contributed by atoms with Crippen molar-refractivity contribution in [2.24, 2.45) is 0 Å². The molecule has 2 heterocycles. The van der Waals surface area contributed by atoms with Crippen LogP contribution in [0.15, 0.2) is 66.7 Å². The molecule has 0 aliphatic rings. The van der Waals surface area contributed by atoms with Crippen molar-refractivity contribution in [1.82, 2.24) is 4.98 Å². The minimum Gasteiger partial charge on any atom is -0.493 e. The molecule has 0 saturated carbocycles. The fraction of sp³-hybridized carbons (Fsp3) is 0.133. The third-order valence-electron chi connectivity index (χ3n) is 6.37. The zero-order valence-corrected chi connectivity index (χ0v) is 23.0. The van der Waals surface area contributed by atoms with Crippen LogP contribution >= 0.6 is 22.9 Å². The van der Waals surface area contributed by atoms with Crippen LogP contribution in [0.2, 0.25) is 5.02 Å². The lowest BCUT2D eigenvalue weighted by Gasteiger charge is -2.13. The molecule has 0 fully saturated rings. The SMILES string of the molecule is COc1ccc(-c2cc(-c3cc(C)ccc3C)nc3sc(C(=O)Nc4ccc(Cl)cc4)c(N)c23)cc1OC. The van der Waals surface area contributed by atoms with E-state index in [1.807, 2.05) is 24.3 Å². The van der Waals surface area contributed by atoms with E-state index in [0.717, 1.165) is 38.9 Å². The zero-order chi connectivity index (χ0) is 27.0. The Bertz CT molecular complexity index is 1680. The fourth-order valence-corrected chi connectivity index (χ4v) is 5.53. The standard InChI is InChI=1S/C30H26ClN3O3S/c1-16-5-6-17(2)21(13-16)23-15-22(18-7-12-24(36-3)25(14-18)37-4)26-27(32)28(38-30(26)34-23)29(35)33-20-10-8-19(31)9-11-20/h5-15H,32H2,1-4H3,(H,33,35). The molecule has 3 aromatic carbocycles. The molecule has 0 aliphatic heterocycles. The number of ether oxygens (including phenoxy) is 2. The molecule has 0 saturated heterocycles. The number of thiophene rings is 1. The molecule has 2 aromatic heterocycles. The minimum atomic E-state index is -0.306. The molecule has 0 spiro atoms. The summed E-state index contributed by atoms with van der Waals surface area (Å²) in [6.07, 6.45) is 0.